The van der Waals surface area contributed by atoms with E-state index in [0.29, 0.717) is 18.7 Å². The van der Waals surface area contributed by atoms with Crippen LogP contribution in [0.25, 0.3) is 0 Å². The lowest BCUT2D eigenvalue weighted by molar-refractivity contribution is 0.102. The van der Waals surface area contributed by atoms with Crippen LogP contribution in [0.15, 0.2) is 45.9 Å². The van der Waals surface area contributed by atoms with E-state index in [1.165, 1.54) is 18.2 Å². The second kappa shape index (κ2) is 7.12. The van der Waals surface area contributed by atoms with Crippen LogP contribution in [0.4, 0.5) is 10.1 Å². The molecule has 3 N–H and O–H groups in total. The second-order valence-electron chi connectivity index (χ2n) is 8.72. The summed E-state index contributed by atoms with van der Waals surface area (Å²) in [5.74, 6) is -0.714. The van der Waals surface area contributed by atoms with Gasteiger partial charge in [0.25, 0.3) is 5.91 Å². The number of anilines is 1. The van der Waals surface area contributed by atoms with Crippen LogP contribution in [0.3, 0.4) is 0 Å². The van der Waals surface area contributed by atoms with Crippen molar-refractivity contribution in [2.24, 2.45) is 15.1 Å². The number of pyridine rings is 1. The highest BCUT2D eigenvalue weighted by molar-refractivity contribution is 7.96. The lowest BCUT2D eigenvalue weighted by atomic mass is 9.85. The number of rotatable bonds is 3. The lowest BCUT2D eigenvalue weighted by Gasteiger charge is -2.44. The highest BCUT2D eigenvalue weighted by Crippen LogP contribution is 2.48. The summed E-state index contributed by atoms with van der Waals surface area (Å²) in [6.45, 7) is 7.59. The molecule has 9 heteroatoms. The third kappa shape index (κ3) is 3.22. The van der Waals surface area contributed by atoms with Gasteiger partial charge < -0.3 is 11.1 Å². The molecule has 7 nitrogen and oxygen atoms in total. The van der Waals surface area contributed by atoms with Crippen LogP contribution < -0.4 is 11.1 Å². The Morgan fingerprint density at radius 2 is 2.00 bits per heavy atom. The molecular weight excluding hydrogens is 417 g/mol. The van der Waals surface area contributed by atoms with Gasteiger partial charge in [-0.1, -0.05) is 6.07 Å². The summed E-state index contributed by atoms with van der Waals surface area (Å²) in [4.78, 5) is 21.4. The van der Waals surface area contributed by atoms with Gasteiger partial charge in [-0.15, -0.1) is 0 Å². The minimum Gasteiger partial charge on any atom is -0.386 e. The molecule has 0 radical (unpaired) electrons. The third-order valence-electron chi connectivity index (χ3n) is 6.30. The number of aliphatic imine (C=N–C) groups is 1. The van der Waals surface area contributed by atoms with E-state index in [1.807, 2.05) is 6.92 Å². The van der Waals surface area contributed by atoms with Gasteiger partial charge in [0.1, 0.15) is 27.6 Å². The largest absolute Gasteiger partial charge is 0.386 e. The predicted octanol–water partition coefficient (Wildman–Crippen LogP) is 3.39. The number of halogens is 1. The number of nitrogens with zero attached hydrogens (tertiary/aromatic N) is 3. The van der Waals surface area contributed by atoms with E-state index < -0.39 is 37.0 Å². The van der Waals surface area contributed by atoms with Crippen molar-refractivity contribution in [3.05, 3.63) is 59.2 Å². The molecule has 1 unspecified atom stereocenters. The molecular formula is C22H26FN5O2S. The Kier molecular flexibility index (Phi) is 4.92. The number of aromatic nitrogens is 1. The second-order valence-corrected chi connectivity index (χ2v) is 11.7. The van der Waals surface area contributed by atoms with Gasteiger partial charge in [0.15, 0.2) is 0 Å². The highest BCUT2D eigenvalue weighted by Gasteiger charge is 2.56. The van der Waals surface area contributed by atoms with Gasteiger partial charge in [-0.25, -0.2) is 13.0 Å². The summed E-state index contributed by atoms with van der Waals surface area (Å²) in [5.41, 5.74) is 6.89. The molecule has 2 aliphatic rings. The zero-order chi connectivity index (χ0) is 22.6. The Morgan fingerprint density at radius 1 is 1.26 bits per heavy atom. The molecule has 1 aromatic heterocycles. The van der Waals surface area contributed by atoms with Gasteiger partial charge in [-0.2, -0.15) is 0 Å². The zero-order valence-corrected chi connectivity index (χ0v) is 18.8. The van der Waals surface area contributed by atoms with Crippen molar-refractivity contribution in [1.82, 2.24) is 4.98 Å². The molecule has 1 aromatic carbocycles. The number of nitrogens with one attached hydrogen (secondary N) is 1. The average Bonchev–Trinajstić information content (AvgIpc) is 3.13. The molecule has 3 heterocycles. The monoisotopic (exact) mass is 443 g/mol. The van der Waals surface area contributed by atoms with Crippen molar-refractivity contribution in [2.45, 2.75) is 49.7 Å². The summed E-state index contributed by atoms with van der Waals surface area (Å²) in [5, 5.41) is 2.27. The van der Waals surface area contributed by atoms with E-state index in [2.05, 4.69) is 19.7 Å². The van der Waals surface area contributed by atoms with E-state index in [1.54, 1.807) is 39.1 Å². The molecule has 164 valence electrons. The molecule has 0 bridgehead atoms. The maximum Gasteiger partial charge on any atom is 0.274 e. The fraction of sp³-hybridized carbons (Fsp3) is 0.409. The smallest absolute Gasteiger partial charge is 0.274 e. The quantitative estimate of drug-likeness (QED) is 0.758. The molecule has 0 saturated carbocycles. The number of benzene rings is 1. The molecule has 31 heavy (non-hydrogen) atoms. The summed E-state index contributed by atoms with van der Waals surface area (Å²) in [6.07, 6.45) is 2.13. The third-order valence-corrected chi connectivity index (χ3v) is 10.0. The number of aryl methyl sites for hydroxylation is 1. The first kappa shape index (κ1) is 21.4. The lowest BCUT2D eigenvalue weighted by Crippen LogP contribution is -2.58. The Balaban J connectivity index is 1.76. The number of nitrogens with two attached hydrogens (primary N) is 1. The fourth-order valence-corrected chi connectivity index (χ4v) is 7.46. The molecule has 0 saturated heterocycles. The van der Waals surface area contributed by atoms with Crippen LogP contribution in [0.5, 0.6) is 0 Å². The average molecular weight is 444 g/mol. The summed E-state index contributed by atoms with van der Waals surface area (Å²) in [6, 6.07) is 7.71. The predicted molar refractivity (Wildman–Crippen MR) is 120 cm³/mol. The Labute approximate surface area is 181 Å². The summed E-state index contributed by atoms with van der Waals surface area (Å²) < 4.78 is 32.5. The van der Waals surface area contributed by atoms with Crippen molar-refractivity contribution in [3.8, 4) is 0 Å². The van der Waals surface area contributed by atoms with Gasteiger partial charge >= 0.3 is 0 Å². The minimum absolute atomic E-state index is 0.194. The Bertz CT molecular complexity index is 1210. The first-order valence-corrected chi connectivity index (χ1v) is 11.7. The van der Waals surface area contributed by atoms with E-state index >= 15 is 4.39 Å². The number of amidine groups is 1. The number of carbonyl (C=O) groups excluding carboxylic acids is 1. The highest BCUT2D eigenvalue weighted by atomic mass is 32.2. The Morgan fingerprint density at radius 3 is 2.68 bits per heavy atom. The van der Waals surface area contributed by atoms with Crippen molar-refractivity contribution in [3.63, 3.8) is 0 Å². The van der Waals surface area contributed by atoms with Crippen LogP contribution in [0.1, 0.15) is 48.8 Å². The van der Waals surface area contributed by atoms with Crippen molar-refractivity contribution in [2.75, 3.05) is 11.9 Å². The first-order chi connectivity index (χ1) is 14.5. The SMILES string of the molecule is Cc1ccc(C(=O)Nc2ccc(F)c([C@@]3(C)N=C(N)C(C)(C)S4(=O)=NCC[C@@H]34)c2)nc1. The number of hydrogen-bond donors (Lipinski definition) is 2. The van der Waals surface area contributed by atoms with E-state index in [9.17, 15) is 9.00 Å². The van der Waals surface area contributed by atoms with E-state index in [0.717, 1.165) is 5.56 Å². The van der Waals surface area contributed by atoms with Crippen molar-refractivity contribution in [1.29, 1.82) is 0 Å². The number of amides is 1. The van der Waals surface area contributed by atoms with Gasteiger partial charge in [-0.3, -0.25) is 14.8 Å². The van der Waals surface area contributed by atoms with Gasteiger partial charge in [-0.05, 0) is 63.9 Å². The van der Waals surface area contributed by atoms with Crippen LogP contribution in [-0.2, 0) is 15.3 Å². The van der Waals surface area contributed by atoms with Gasteiger partial charge in [0.05, 0.1) is 15.0 Å². The van der Waals surface area contributed by atoms with Crippen LogP contribution >= 0.6 is 0 Å². The van der Waals surface area contributed by atoms with E-state index in [4.69, 9.17) is 5.73 Å². The van der Waals surface area contributed by atoms with Crippen molar-refractivity contribution >= 4 is 27.2 Å². The standard InChI is InChI=1S/C22H26FN5O2S/c1-13-5-8-17(25-12-13)19(29)27-14-6-7-16(23)15(11-14)22(4)18-9-10-26-31(18,30)21(2,3)20(24)28-22/h5-8,11-12,18H,9-10H2,1-4H3,(H2,24,28)(H,27,29)/t18-,22+,31?/m0/s1. The van der Waals surface area contributed by atoms with Crippen molar-refractivity contribution < 1.29 is 13.4 Å². The maximum absolute atomic E-state index is 15.0. The molecule has 0 aliphatic carbocycles. The first-order valence-electron chi connectivity index (χ1n) is 10.1. The minimum atomic E-state index is -2.77. The van der Waals surface area contributed by atoms with E-state index in [-0.39, 0.29) is 17.1 Å². The van der Waals surface area contributed by atoms with Crippen LogP contribution in [0.2, 0.25) is 0 Å². The molecule has 0 spiro atoms. The molecule has 3 atom stereocenters. The number of hydrogen-bond acceptors (Lipinski definition) is 6. The topological polar surface area (TPSA) is 110 Å². The Hall–Kier alpha value is -2.81. The molecule has 2 aromatic rings. The van der Waals surface area contributed by atoms with Crippen LogP contribution in [-0.4, -0.2) is 37.5 Å². The molecule has 0 fully saturated rings. The maximum atomic E-state index is 15.0. The number of carbonyl (C=O) groups is 1. The summed E-state index contributed by atoms with van der Waals surface area (Å²) in [7, 11) is -2.77. The molecule has 4 rings (SSSR count). The molecule has 1 amide bonds. The van der Waals surface area contributed by atoms with Crippen LogP contribution in [0, 0.1) is 12.7 Å². The normalized spacial score (nSPS) is 28.9. The number of fused-ring (bicyclic) bond motifs is 1. The zero-order valence-electron chi connectivity index (χ0n) is 18.0. The molecule has 2 aliphatic heterocycles. The van der Waals surface area contributed by atoms with Gasteiger partial charge in [0.2, 0.25) is 0 Å². The summed E-state index contributed by atoms with van der Waals surface area (Å²) >= 11 is 0. The van der Waals surface area contributed by atoms with Gasteiger partial charge in [0, 0.05) is 24.0 Å². The fourth-order valence-electron chi connectivity index (χ4n) is 4.29.